The molecule has 0 radical (unpaired) electrons. The van der Waals surface area contributed by atoms with E-state index in [1.54, 1.807) is 6.07 Å². The van der Waals surface area contributed by atoms with Crippen molar-refractivity contribution < 1.29 is 8.78 Å². The van der Waals surface area contributed by atoms with Gasteiger partial charge in [-0.1, -0.05) is 24.3 Å². The predicted octanol–water partition coefficient (Wildman–Crippen LogP) is 4.04. The van der Waals surface area contributed by atoms with Gasteiger partial charge >= 0.3 is 0 Å². The van der Waals surface area contributed by atoms with Crippen LogP contribution < -0.4 is 5.32 Å². The Morgan fingerprint density at radius 1 is 0.917 bits per heavy atom. The number of rotatable bonds is 2. The van der Waals surface area contributed by atoms with Crippen molar-refractivity contribution >= 4 is 10.9 Å². The molecule has 0 atom stereocenters. The minimum absolute atomic E-state index is 0.184. The summed E-state index contributed by atoms with van der Waals surface area (Å²) in [5.41, 5.74) is 1.41. The molecule has 0 saturated carbocycles. The predicted molar refractivity (Wildman–Crippen MR) is 89.7 cm³/mol. The summed E-state index contributed by atoms with van der Waals surface area (Å²) in [5, 5.41) is 4.06. The Labute approximate surface area is 138 Å². The van der Waals surface area contributed by atoms with Crippen LogP contribution in [0, 0.1) is 11.6 Å². The Hall–Kier alpha value is -2.40. The molecule has 1 fully saturated rings. The fraction of sp³-hybridized carbons (Fsp3) is 0.263. The number of nitrogens with one attached hydrogen (secondary N) is 1. The first kappa shape index (κ1) is 15.1. The average Bonchev–Trinajstić information content (AvgIpc) is 2.64. The molecule has 1 aliphatic rings. The summed E-state index contributed by atoms with van der Waals surface area (Å²) in [4.78, 5) is 9.33. The van der Waals surface area contributed by atoms with Crippen molar-refractivity contribution in [1.82, 2.24) is 15.3 Å². The molecule has 3 nitrogen and oxygen atoms in total. The third-order valence-electron chi connectivity index (χ3n) is 4.53. The first-order valence-corrected chi connectivity index (χ1v) is 8.16. The van der Waals surface area contributed by atoms with Gasteiger partial charge in [0.25, 0.3) is 0 Å². The van der Waals surface area contributed by atoms with Crippen molar-refractivity contribution in [3.63, 3.8) is 0 Å². The number of aromatic nitrogens is 2. The second-order valence-electron chi connectivity index (χ2n) is 6.07. The third-order valence-corrected chi connectivity index (χ3v) is 4.53. The summed E-state index contributed by atoms with van der Waals surface area (Å²) >= 11 is 0. The minimum atomic E-state index is -0.863. The molecule has 4 rings (SSSR count). The van der Waals surface area contributed by atoms with E-state index >= 15 is 0 Å². The summed E-state index contributed by atoms with van der Waals surface area (Å²) in [6, 6.07) is 11.7. The molecule has 122 valence electrons. The highest BCUT2D eigenvalue weighted by atomic mass is 19.2. The molecule has 0 bridgehead atoms. The maximum atomic E-state index is 14.3. The number of piperidine rings is 1. The summed E-state index contributed by atoms with van der Waals surface area (Å²) in [6.45, 7) is 1.84. The van der Waals surface area contributed by atoms with Crippen LogP contribution in [0.15, 0.2) is 42.5 Å². The smallest absolute Gasteiger partial charge is 0.168 e. The Morgan fingerprint density at radius 3 is 2.54 bits per heavy atom. The van der Waals surface area contributed by atoms with Gasteiger partial charge in [0.1, 0.15) is 5.82 Å². The van der Waals surface area contributed by atoms with Crippen molar-refractivity contribution in [3.05, 3.63) is 59.9 Å². The van der Waals surface area contributed by atoms with E-state index in [-0.39, 0.29) is 11.5 Å². The van der Waals surface area contributed by atoms with Crippen LogP contribution in [0.5, 0.6) is 0 Å². The van der Waals surface area contributed by atoms with Gasteiger partial charge in [0.05, 0.1) is 11.2 Å². The molecule has 1 aromatic heterocycles. The lowest BCUT2D eigenvalue weighted by Crippen LogP contribution is -2.27. The van der Waals surface area contributed by atoms with Crippen LogP contribution in [0.3, 0.4) is 0 Å². The van der Waals surface area contributed by atoms with Gasteiger partial charge in [-0.15, -0.1) is 0 Å². The maximum absolute atomic E-state index is 14.3. The molecular weight excluding hydrogens is 308 g/mol. The Morgan fingerprint density at radius 2 is 1.71 bits per heavy atom. The number of fused-ring (bicyclic) bond motifs is 1. The first-order valence-electron chi connectivity index (χ1n) is 8.16. The summed E-state index contributed by atoms with van der Waals surface area (Å²) in [6.07, 6.45) is 1.90. The molecule has 0 aliphatic carbocycles. The molecule has 0 unspecified atom stereocenters. The molecule has 1 saturated heterocycles. The monoisotopic (exact) mass is 325 g/mol. The zero-order valence-electron chi connectivity index (χ0n) is 13.1. The third kappa shape index (κ3) is 2.65. The molecule has 0 amide bonds. The molecule has 1 N–H and O–H groups in total. The molecule has 5 heteroatoms. The topological polar surface area (TPSA) is 37.8 Å². The molecule has 3 aromatic rings. The van der Waals surface area contributed by atoms with Gasteiger partial charge in [0.2, 0.25) is 0 Å². The Bertz CT molecular complexity index is 889. The van der Waals surface area contributed by atoms with E-state index in [0.717, 1.165) is 42.9 Å². The van der Waals surface area contributed by atoms with Crippen LogP contribution >= 0.6 is 0 Å². The highest BCUT2D eigenvalue weighted by Crippen LogP contribution is 2.32. The molecule has 24 heavy (non-hydrogen) atoms. The molecular formula is C19H17F2N3. The van der Waals surface area contributed by atoms with E-state index < -0.39 is 11.6 Å². The Balaban J connectivity index is 1.94. The van der Waals surface area contributed by atoms with E-state index in [0.29, 0.717) is 11.5 Å². The van der Waals surface area contributed by atoms with Crippen molar-refractivity contribution in [2.24, 2.45) is 0 Å². The lowest BCUT2D eigenvalue weighted by Gasteiger charge is -2.22. The standard InChI is InChI=1S/C19H17F2N3/c20-15-6-3-5-14(17(15)21)18-13-4-1-2-7-16(13)23-19(24-18)12-8-10-22-11-9-12/h1-7,12,22H,8-11H2. The van der Waals surface area contributed by atoms with Gasteiger partial charge < -0.3 is 5.32 Å². The maximum Gasteiger partial charge on any atom is 0.168 e. The van der Waals surface area contributed by atoms with Crippen molar-refractivity contribution in [2.45, 2.75) is 18.8 Å². The van der Waals surface area contributed by atoms with Gasteiger partial charge in [-0.25, -0.2) is 18.7 Å². The number of benzene rings is 2. The number of hydrogen-bond donors (Lipinski definition) is 1. The normalized spacial score (nSPS) is 15.8. The zero-order chi connectivity index (χ0) is 16.5. The first-order chi connectivity index (χ1) is 11.7. The quantitative estimate of drug-likeness (QED) is 0.773. The lowest BCUT2D eigenvalue weighted by atomic mass is 9.96. The number of halogens is 2. The fourth-order valence-corrected chi connectivity index (χ4v) is 3.25. The second-order valence-corrected chi connectivity index (χ2v) is 6.07. The molecule has 2 aromatic carbocycles. The van der Waals surface area contributed by atoms with Gasteiger partial charge in [0, 0.05) is 16.9 Å². The molecule has 2 heterocycles. The Kier molecular flexibility index (Phi) is 3.94. The van der Waals surface area contributed by atoms with Gasteiger partial charge in [-0.2, -0.15) is 0 Å². The van der Waals surface area contributed by atoms with Crippen molar-refractivity contribution in [3.8, 4) is 11.3 Å². The highest BCUT2D eigenvalue weighted by molar-refractivity contribution is 5.92. The minimum Gasteiger partial charge on any atom is -0.317 e. The van der Waals surface area contributed by atoms with Crippen LogP contribution in [-0.2, 0) is 0 Å². The van der Waals surface area contributed by atoms with Crippen LogP contribution in [0.4, 0.5) is 8.78 Å². The second kappa shape index (κ2) is 6.24. The number of hydrogen-bond acceptors (Lipinski definition) is 3. The van der Waals surface area contributed by atoms with E-state index in [9.17, 15) is 8.78 Å². The summed E-state index contributed by atoms with van der Waals surface area (Å²) in [5.74, 6) is -0.767. The average molecular weight is 325 g/mol. The van der Waals surface area contributed by atoms with E-state index in [1.165, 1.54) is 6.07 Å². The highest BCUT2D eigenvalue weighted by Gasteiger charge is 2.21. The van der Waals surface area contributed by atoms with Gasteiger partial charge in [-0.05, 0) is 44.1 Å². The largest absolute Gasteiger partial charge is 0.317 e. The van der Waals surface area contributed by atoms with Gasteiger partial charge in [0.15, 0.2) is 11.6 Å². The van der Waals surface area contributed by atoms with Crippen LogP contribution in [-0.4, -0.2) is 23.1 Å². The van der Waals surface area contributed by atoms with Crippen molar-refractivity contribution in [1.29, 1.82) is 0 Å². The summed E-state index contributed by atoms with van der Waals surface area (Å²) in [7, 11) is 0. The lowest BCUT2D eigenvalue weighted by molar-refractivity contribution is 0.446. The fourth-order valence-electron chi connectivity index (χ4n) is 3.25. The SMILES string of the molecule is Fc1cccc(-c2nc(C3CCNCC3)nc3ccccc23)c1F. The molecule has 0 spiro atoms. The van der Waals surface area contributed by atoms with E-state index in [4.69, 9.17) is 0 Å². The van der Waals surface area contributed by atoms with Crippen LogP contribution in [0.1, 0.15) is 24.6 Å². The van der Waals surface area contributed by atoms with Crippen LogP contribution in [0.2, 0.25) is 0 Å². The zero-order valence-corrected chi connectivity index (χ0v) is 13.1. The van der Waals surface area contributed by atoms with E-state index in [2.05, 4.69) is 15.3 Å². The van der Waals surface area contributed by atoms with Crippen molar-refractivity contribution in [2.75, 3.05) is 13.1 Å². The number of nitrogens with zero attached hydrogens (tertiary/aromatic N) is 2. The van der Waals surface area contributed by atoms with Gasteiger partial charge in [-0.3, -0.25) is 0 Å². The van der Waals surface area contributed by atoms with Crippen LogP contribution in [0.25, 0.3) is 22.2 Å². The molecule has 1 aliphatic heterocycles. The summed E-state index contributed by atoms with van der Waals surface area (Å²) < 4.78 is 28.0. The van der Waals surface area contributed by atoms with E-state index in [1.807, 2.05) is 24.3 Å². The number of para-hydroxylation sites is 1.